The van der Waals surface area contributed by atoms with Gasteiger partial charge in [0.25, 0.3) is 5.91 Å². The second-order valence-electron chi connectivity index (χ2n) is 8.09. The normalized spacial score (nSPS) is 23.7. The summed E-state index contributed by atoms with van der Waals surface area (Å²) in [6, 6.07) is 4.34. The number of halogens is 1. The van der Waals surface area contributed by atoms with Crippen molar-refractivity contribution >= 4 is 37.8 Å². The molecule has 0 radical (unpaired) electrons. The molecule has 0 spiro atoms. The topological polar surface area (TPSA) is 102 Å². The fourth-order valence-corrected chi connectivity index (χ4v) is 6.23. The Balaban J connectivity index is 1.68. The third kappa shape index (κ3) is 5.85. The van der Waals surface area contributed by atoms with Gasteiger partial charge in [-0.05, 0) is 59.8 Å². The van der Waals surface area contributed by atoms with Crippen LogP contribution in [0.15, 0.2) is 27.6 Å². The maximum absolute atomic E-state index is 13.0. The fraction of sp³-hybridized carbons (Fsp3) is 0.619. The van der Waals surface area contributed by atoms with E-state index < -0.39 is 22.1 Å². The van der Waals surface area contributed by atoms with Crippen molar-refractivity contribution in [3.8, 4) is 0 Å². The Hall–Kier alpha value is -1.49. The van der Waals surface area contributed by atoms with E-state index in [1.807, 2.05) is 0 Å². The van der Waals surface area contributed by atoms with Crippen molar-refractivity contribution in [2.75, 3.05) is 26.3 Å². The van der Waals surface area contributed by atoms with E-state index in [4.69, 9.17) is 9.47 Å². The molecule has 1 saturated heterocycles. The lowest BCUT2D eigenvalue weighted by Crippen LogP contribution is -2.46. The van der Waals surface area contributed by atoms with Crippen molar-refractivity contribution in [3.05, 3.63) is 28.2 Å². The molecule has 1 amide bonds. The van der Waals surface area contributed by atoms with Crippen molar-refractivity contribution in [3.63, 3.8) is 0 Å². The Bertz CT molecular complexity index is 916. The van der Waals surface area contributed by atoms with Gasteiger partial charge in [0.2, 0.25) is 10.0 Å². The maximum Gasteiger partial charge on any atom is 0.338 e. The molecule has 1 aliphatic carbocycles. The van der Waals surface area contributed by atoms with Gasteiger partial charge in [-0.3, -0.25) is 4.79 Å². The number of morpholine rings is 1. The second kappa shape index (κ2) is 10.4. The number of sulfonamides is 1. The molecule has 1 saturated carbocycles. The molecule has 172 valence electrons. The van der Waals surface area contributed by atoms with E-state index in [0.717, 1.165) is 25.7 Å². The molecule has 1 aromatic rings. The highest BCUT2D eigenvalue weighted by Crippen LogP contribution is 2.27. The van der Waals surface area contributed by atoms with Crippen molar-refractivity contribution < 1.29 is 27.5 Å². The monoisotopic (exact) mass is 516 g/mol. The van der Waals surface area contributed by atoms with Crippen LogP contribution in [0.2, 0.25) is 0 Å². The highest BCUT2D eigenvalue weighted by molar-refractivity contribution is 9.10. The highest BCUT2D eigenvalue weighted by atomic mass is 79.9. The van der Waals surface area contributed by atoms with Crippen LogP contribution in [0.4, 0.5) is 0 Å². The van der Waals surface area contributed by atoms with Crippen LogP contribution in [-0.2, 0) is 24.3 Å². The number of hydrogen-bond donors (Lipinski definition) is 1. The molecule has 1 heterocycles. The first-order valence-corrected chi connectivity index (χ1v) is 12.8. The largest absolute Gasteiger partial charge is 0.449 e. The molecular formula is C21H29BrN2O6S. The van der Waals surface area contributed by atoms with E-state index in [2.05, 4.69) is 28.2 Å². The number of esters is 1. The molecule has 3 atom stereocenters. The van der Waals surface area contributed by atoms with Crippen LogP contribution in [0.25, 0.3) is 0 Å². The summed E-state index contributed by atoms with van der Waals surface area (Å²) in [4.78, 5) is 25.1. The van der Waals surface area contributed by atoms with E-state index in [1.165, 1.54) is 29.4 Å². The average molecular weight is 517 g/mol. The van der Waals surface area contributed by atoms with E-state index in [0.29, 0.717) is 23.6 Å². The second-order valence-corrected chi connectivity index (χ2v) is 10.8. The van der Waals surface area contributed by atoms with Crippen LogP contribution in [0, 0.1) is 5.92 Å². The lowest BCUT2D eigenvalue weighted by molar-refractivity contribution is -0.130. The molecule has 0 aromatic heterocycles. The number of rotatable bonds is 6. The van der Waals surface area contributed by atoms with Crippen LogP contribution in [0.3, 0.4) is 0 Å². The summed E-state index contributed by atoms with van der Waals surface area (Å²) in [5.74, 6) is -0.698. The van der Waals surface area contributed by atoms with Gasteiger partial charge in [-0.2, -0.15) is 4.31 Å². The minimum atomic E-state index is -3.80. The summed E-state index contributed by atoms with van der Waals surface area (Å²) < 4.78 is 38.2. The standard InChI is InChI=1S/C21H29BrN2O6S/c1-14-5-3-4-6-18(14)23-20(25)15(2)30-21(26)16-7-8-17(22)19(13-16)31(27,28)24-9-11-29-12-10-24/h7-8,13-15,18H,3-6,9-12H2,1-2H3,(H,23,25)/t14-,15+,18-/m1/s1. The number of carbonyl (C=O) groups is 2. The van der Waals surface area contributed by atoms with Gasteiger partial charge in [-0.15, -0.1) is 0 Å². The minimum Gasteiger partial charge on any atom is -0.449 e. The molecule has 1 aliphatic heterocycles. The van der Waals surface area contributed by atoms with Gasteiger partial charge in [0.05, 0.1) is 23.7 Å². The highest BCUT2D eigenvalue weighted by Gasteiger charge is 2.30. The predicted molar refractivity (Wildman–Crippen MR) is 118 cm³/mol. The molecule has 31 heavy (non-hydrogen) atoms. The molecule has 1 aromatic carbocycles. The number of hydrogen-bond acceptors (Lipinski definition) is 6. The number of ether oxygens (including phenoxy) is 2. The minimum absolute atomic E-state index is 0.0167. The van der Waals surface area contributed by atoms with Crippen molar-refractivity contribution in [1.29, 1.82) is 0 Å². The number of nitrogens with one attached hydrogen (secondary N) is 1. The predicted octanol–water partition coefficient (Wildman–Crippen LogP) is 2.71. The summed E-state index contributed by atoms with van der Waals surface area (Å²) in [5, 5.41) is 2.97. The maximum atomic E-state index is 13.0. The van der Waals surface area contributed by atoms with E-state index >= 15 is 0 Å². The lowest BCUT2D eigenvalue weighted by atomic mass is 9.86. The zero-order chi connectivity index (χ0) is 22.6. The molecule has 3 rings (SSSR count). The van der Waals surface area contributed by atoms with Crippen LogP contribution in [0.1, 0.15) is 49.9 Å². The van der Waals surface area contributed by atoms with Crippen molar-refractivity contribution in [2.45, 2.75) is 56.6 Å². The number of carbonyl (C=O) groups excluding carboxylic acids is 2. The fourth-order valence-electron chi connectivity index (χ4n) is 3.87. The number of amides is 1. The quantitative estimate of drug-likeness (QED) is 0.583. The summed E-state index contributed by atoms with van der Waals surface area (Å²) in [7, 11) is -3.80. The van der Waals surface area contributed by atoms with E-state index in [1.54, 1.807) is 0 Å². The molecule has 0 bridgehead atoms. The van der Waals surface area contributed by atoms with Crippen LogP contribution in [-0.4, -0.2) is 63.0 Å². The Kier molecular flexibility index (Phi) is 8.12. The first-order valence-electron chi connectivity index (χ1n) is 10.6. The molecule has 8 nitrogen and oxygen atoms in total. The smallest absolute Gasteiger partial charge is 0.338 e. The molecular weight excluding hydrogens is 488 g/mol. The molecule has 2 fully saturated rings. The molecule has 0 unspecified atom stereocenters. The zero-order valence-corrected chi connectivity index (χ0v) is 20.2. The van der Waals surface area contributed by atoms with Gasteiger partial charge >= 0.3 is 5.97 Å². The summed E-state index contributed by atoms with van der Waals surface area (Å²) >= 11 is 3.26. The first-order chi connectivity index (χ1) is 14.7. The summed E-state index contributed by atoms with van der Waals surface area (Å²) in [6.07, 6.45) is 3.24. The Morgan fingerprint density at radius 1 is 1.23 bits per heavy atom. The Morgan fingerprint density at radius 3 is 2.58 bits per heavy atom. The molecule has 2 aliphatic rings. The zero-order valence-electron chi connectivity index (χ0n) is 17.8. The average Bonchev–Trinajstić information content (AvgIpc) is 2.76. The first kappa shape index (κ1) is 24.2. The van der Waals surface area contributed by atoms with Gasteiger partial charge in [-0.25, -0.2) is 13.2 Å². The van der Waals surface area contributed by atoms with Crippen molar-refractivity contribution in [1.82, 2.24) is 9.62 Å². The van der Waals surface area contributed by atoms with Gasteiger partial charge < -0.3 is 14.8 Å². The van der Waals surface area contributed by atoms with Crippen molar-refractivity contribution in [2.24, 2.45) is 5.92 Å². The third-order valence-corrected chi connectivity index (χ3v) is 8.74. The SMILES string of the molecule is C[C@H](OC(=O)c1ccc(Br)c(S(=O)(=O)N2CCOCC2)c1)C(=O)N[C@@H]1CCCC[C@H]1C. The summed E-state index contributed by atoms with van der Waals surface area (Å²) in [6.45, 7) is 4.78. The van der Waals surface area contributed by atoms with Crippen LogP contribution < -0.4 is 5.32 Å². The third-order valence-electron chi connectivity index (χ3n) is 5.85. The van der Waals surface area contributed by atoms with Gasteiger partial charge in [0, 0.05) is 23.6 Å². The van der Waals surface area contributed by atoms with E-state index in [9.17, 15) is 18.0 Å². The molecule has 1 N–H and O–H groups in total. The Labute approximate surface area is 191 Å². The molecule has 10 heteroatoms. The van der Waals surface area contributed by atoms with Crippen LogP contribution in [0.5, 0.6) is 0 Å². The van der Waals surface area contributed by atoms with Crippen LogP contribution >= 0.6 is 15.9 Å². The number of nitrogens with zero attached hydrogens (tertiary/aromatic N) is 1. The van der Waals surface area contributed by atoms with E-state index in [-0.39, 0.29) is 35.5 Å². The number of benzene rings is 1. The van der Waals surface area contributed by atoms with Gasteiger partial charge in [0.15, 0.2) is 6.10 Å². The lowest BCUT2D eigenvalue weighted by Gasteiger charge is -2.30. The van der Waals surface area contributed by atoms with Gasteiger partial charge in [-0.1, -0.05) is 19.8 Å². The Morgan fingerprint density at radius 2 is 1.90 bits per heavy atom. The summed E-state index contributed by atoms with van der Waals surface area (Å²) in [5.41, 5.74) is 0.0701. The van der Waals surface area contributed by atoms with Gasteiger partial charge in [0.1, 0.15) is 0 Å².